The van der Waals surface area contributed by atoms with Gasteiger partial charge in [0.2, 0.25) is 11.9 Å². The number of benzene rings is 1. The fourth-order valence-corrected chi connectivity index (χ4v) is 4.22. The molecule has 1 saturated heterocycles. The van der Waals surface area contributed by atoms with Crippen molar-refractivity contribution < 1.29 is 14.6 Å². The fourth-order valence-electron chi connectivity index (χ4n) is 4.22. The number of fused-ring (bicyclic) bond motifs is 1. The Labute approximate surface area is 208 Å². The highest BCUT2D eigenvalue weighted by atomic mass is 16.5. The van der Waals surface area contributed by atoms with Crippen LogP contribution in [0.3, 0.4) is 0 Å². The quantitative estimate of drug-likeness (QED) is 0.292. The molecule has 0 bridgehead atoms. The number of anilines is 2. The van der Waals surface area contributed by atoms with Crippen LogP contribution >= 0.6 is 0 Å². The van der Waals surface area contributed by atoms with Gasteiger partial charge in [0, 0.05) is 30.5 Å². The van der Waals surface area contributed by atoms with E-state index in [4.69, 9.17) is 9.84 Å². The molecule has 0 aliphatic carbocycles. The van der Waals surface area contributed by atoms with Crippen LogP contribution in [0, 0.1) is 0 Å². The van der Waals surface area contributed by atoms with E-state index in [9.17, 15) is 4.79 Å². The molecule has 0 radical (unpaired) electrons. The summed E-state index contributed by atoms with van der Waals surface area (Å²) in [6, 6.07) is 13.5. The molecule has 4 heterocycles. The Balaban J connectivity index is 1.23. The third-order valence-corrected chi connectivity index (χ3v) is 6.01. The van der Waals surface area contributed by atoms with Crippen LogP contribution in [0.2, 0.25) is 0 Å². The topological polar surface area (TPSA) is 122 Å². The van der Waals surface area contributed by atoms with E-state index in [1.54, 1.807) is 21.6 Å². The second kappa shape index (κ2) is 11.2. The number of hydrogen-bond donors (Lipinski definition) is 3. The predicted molar refractivity (Wildman–Crippen MR) is 135 cm³/mol. The number of aliphatic hydroxyl groups is 1. The van der Waals surface area contributed by atoms with E-state index in [1.165, 1.54) is 25.9 Å². The molecular weight excluding hydrogens is 460 g/mol. The summed E-state index contributed by atoms with van der Waals surface area (Å²) in [6.07, 6.45) is 6.04. The Hall–Kier alpha value is -3.96. The van der Waals surface area contributed by atoms with Crippen molar-refractivity contribution in [2.75, 3.05) is 44.7 Å². The van der Waals surface area contributed by atoms with Gasteiger partial charge in [0.25, 0.3) is 0 Å². The number of likely N-dealkylation sites (tertiary alicyclic amines) is 1. The fraction of sp³-hybridized carbons (Fsp3) is 0.360. The van der Waals surface area contributed by atoms with Crippen LogP contribution in [0.15, 0.2) is 54.9 Å². The molecule has 0 unspecified atom stereocenters. The first-order valence-electron chi connectivity index (χ1n) is 12.2. The van der Waals surface area contributed by atoms with Crippen molar-refractivity contribution in [2.24, 2.45) is 0 Å². The molecule has 11 nitrogen and oxygen atoms in total. The van der Waals surface area contributed by atoms with E-state index < -0.39 is 0 Å². The van der Waals surface area contributed by atoms with Crippen LogP contribution in [0.1, 0.15) is 12.8 Å². The van der Waals surface area contributed by atoms with E-state index in [-0.39, 0.29) is 25.6 Å². The molecule has 0 spiro atoms. The van der Waals surface area contributed by atoms with Gasteiger partial charge in [-0.15, -0.1) is 5.10 Å². The van der Waals surface area contributed by atoms with Gasteiger partial charge in [0.1, 0.15) is 18.9 Å². The van der Waals surface area contributed by atoms with Gasteiger partial charge >= 0.3 is 0 Å². The zero-order chi connectivity index (χ0) is 24.7. The zero-order valence-corrected chi connectivity index (χ0v) is 20.0. The number of pyridine rings is 1. The summed E-state index contributed by atoms with van der Waals surface area (Å²) in [6.45, 7) is 4.18. The number of ether oxygens (including phenoxy) is 1. The highest BCUT2D eigenvalue weighted by Crippen LogP contribution is 2.23. The minimum absolute atomic E-state index is 0.0676. The molecule has 188 valence electrons. The molecule has 5 rings (SSSR count). The number of carbonyl (C=O) groups is 1. The number of hydrogen-bond acceptors (Lipinski definition) is 8. The SMILES string of the molecule is O=C(Cn1cc(-c2cccc3nc(Nc4ccc(OCCN5CCCC5)cc4)nn23)cn1)NCCO. The maximum atomic E-state index is 11.9. The van der Waals surface area contributed by atoms with Crippen molar-refractivity contribution in [1.82, 2.24) is 34.6 Å². The van der Waals surface area contributed by atoms with Gasteiger partial charge in [-0.2, -0.15) is 10.1 Å². The third kappa shape index (κ3) is 5.81. The van der Waals surface area contributed by atoms with Crippen LogP contribution in [0.25, 0.3) is 16.9 Å². The normalized spacial score (nSPS) is 13.8. The third-order valence-electron chi connectivity index (χ3n) is 6.01. The van der Waals surface area contributed by atoms with E-state index in [1.807, 2.05) is 42.5 Å². The lowest BCUT2D eigenvalue weighted by Gasteiger charge is -2.15. The van der Waals surface area contributed by atoms with Gasteiger partial charge in [-0.3, -0.25) is 14.4 Å². The summed E-state index contributed by atoms with van der Waals surface area (Å²) >= 11 is 0. The molecule has 0 atom stereocenters. The van der Waals surface area contributed by atoms with Crippen LogP contribution in [-0.2, 0) is 11.3 Å². The maximum absolute atomic E-state index is 11.9. The van der Waals surface area contributed by atoms with E-state index >= 15 is 0 Å². The Morgan fingerprint density at radius 1 is 1.11 bits per heavy atom. The van der Waals surface area contributed by atoms with Gasteiger partial charge in [0.05, 0.1) is 18.5 Å². The van der Waals surface area contributed by atoms with Crippen LogP contribution < -0.4 is 15.4 Å². The first kappa shape index (κ1) is 23.8. The molecular formula is C25H30N8O3. The zero-order valence-electron chi connectivity index (χ0n) is 20.0. The summed E-state index contributed by atoms with van der Waals surface area (Å²) in [7, 11) is 0. The van der Waals surface area contributed by atoms with Crippen LogP contribution in [-0.4, -0.2) is 79.7 Å². The molecule has 1 fully saturated rings. The van der Waals surface area contributed by atoms with Crippen LogP contribution in [0.5, 0.6) is 5.75 Å². The predicted octanol–water partition coefficient (Wildman–Crippen LogP) is 1.92. The van der Waals surface area contributed by atoms with Crippen molar-refractivity contribution in [3.8, 4) is 17.0 Å². The molecule has 11 heteroatoms. The van der Waals surface area contributed by atoms with E-state index in [0.717, 1.165) is 29.2 Å². The van der Waals surface area contributed by atoms with Gasteiger partial charge < -0.3 is 20.5 Å². The second-order valence-electron chi connectivity index (χ2n) is 8.66. The molecule has 1 amide bonds. The first-order valence-corrected chi connectivity index (χ1v) is 12.2. The monoisotopic (exact) mass is 490 g/mol. The number of aliphatic hydroxyl groups excluding tert-OH is 1. The summed E-state index contributed by atoms with van der Waals surface area (Å²) in [5, 5.41) is 23.6. The molecule has 1 aromatic carbocycles. The molecule has 0 saturated carbocycles. The van der Waals surface area contributed by atoms with Crippen molar-refractivity contribution in [2.45, 2.75) is 19.4 Å². The van der Waals surface area contributed by atoms with Gasteiger partial charge in [-0.25, -0.2) is 4.52 Å². The number of nitrogens with zero attached hydrogens (tertiary/aromatic N) is 6. The van der Waals surface area contributed by atoms with Crippen molar-refractivity contribution in [1.29, 1.82) is 0 Å². The molecule has 4 aromatic rings. The van der Waals surface area contributed by atoms with Crippen molar-refractivity contribution >= 4 is 23.2 Å². The molecule has 1 aliphatic rings. The number of aromatic nitrogens is 5. The average molecular weight is 491 g/mol. The van der Waals surface area contributed by atoms with E-state index in [0.29, 0.717) is 18.2 Å². The smallest absolute Gasteiger partial charge is 0.247 e. The molecule has 3 N–H and O–H groups in total. The van der Waals surface area contributed by atoms with Crippen molar-refractivity contribution in [3.05, 3.63) is 54.9 Å². The number of carbonyl (C=O) groups excluding carboxylic acids is 1. The lowest BCUT2D eigenvalue weighted by Crippen LogP contribution is -2.30. The molecule has 1 aliphatic heterocycles. The largest absolute Gasteiger partial charge is 0.492 e. The first-order chi connectivity index (χ1) is 17.7. The van der Waals surface area contributed by atoms with Gasteiger partial charge in [-0.1, -0.05) is 6.07 Å². The Bertz CT molecular complexity index is 1290. The van der Waals surface area contributed by atoms with Crippen molar-refractivity contribution in [3.63, 3.8) is 0 Å². The summed E-state index contributed by atoms with van der Waals surface area (Å²) in [4.78, 5) is 18.9. The minimum Gasteiger partial charge on any atom is -0.492 e. The average Bonchev–Trinajstić information content (AvgIpc) is 3.65. The molecule has 3 aromatic heterocycles. The lowest BCUT2D eigenvalue weighted by molar-refractivity contribution is -0.122. The van der Waals surface area contributed by atoms with Gasteiger partial charge in [0.15, 0.2) is 5.65 Å². The Morgan fingerprint density at radius 3 is 2.75 bits per heavy atom. The summed E-state index contributed by atoms with van der Waals surface area (Å²) in [5.74, 6) is 1.10. The molecule has 36 heavy (non-hydrogen) atoms. The number of nitrogens with one attached hydrogen (secondary N) is 2. The highest BCUT2D eigenvalue weighted by molar-refractivity contribution is 5.75. The Morgan fingerprint density at radius 2 is 1.94 bits per heavy atom. The summed E-state index contributed by atoms with van der Waals surface area (Å²) < 4.78 is 9.17. The standard InChI is InChI=1S/C25H30N8O3/c34-14-10-26-24(35)18-32-17-19(16-27-32)22-4-3-5-23-29-25(30-33(22)23)28-20-6-8-21(9-7-20)36-15-13-31-11-1-2-12-31/h3-9,16-17,34H,1-2,10-15,18H2,(H,26,35)(H,28,30). The van der Waals surface area contributed by atoms with E-state index in [2.05, 4.69) is 30.7 Å². The van der Waals surface area contributed by atoms with Crippen LogP contribution in [0.4, 0.5) is 11.6 Å². The van der Waals surface area contributed by atoms with Gasteiger partial charge in [-0.05, 0) is 62.3 Å². The minimum atomic E-state index is -0.216. The second-order valence-corrected chi connectivity index (χ2v) is 8.66. The lowest BCUT2D eigenvalue weighted by atomic mass is 10.2. The summed E-state index contributed by atoms with van der Waals surface area (Å²) in [5.41, 5.74) is 3.16. The number of amides is 1. The number of rotatable bonds is 11. The Kier molecular flexibility index (Phi) is 7.39. The highest BCUT2D eigenvalue weighted by Gasteiger charge is 2.13. The maximum Gasteiger partial charge on any atom is 0.247 e.